The second-order valence-corrected chi connectivity index (χ2v) is 7.32. The summed E-state index contributed by atoms with van der Waals surface area (Å²) in [7, 11) is -4.35. The van der Waals surface area contributed by atoms with Gasteiger partial charge in [-0.1, -0.05) is 42.5 Å². The van der Waals surface area contributed by atoms with E-state index in [-0.39, 0.29) is 17.6 Å². The molecule has 0 aliphatic heterocycles. The molecule has 0 fully saturated rings. The molecule has 0 aliphatic carbocycles. The van der Waals surface area contributed by atoms with E-state index in [9.17, 15) is 21.6 Å². The molecule has 0 radical (unpaired) electrons. The van der Waals surface area contributed by atoms with E-state index in [2.05, 4.69) is 4.18 Å². The highest BCUT2D eigenvalue weighted by Gasteiger charge is 2.49. The molecule has 0 aliphatic rings. The van der Waals surface area contributed by atoms with Crippen molar-refractivity contribution in [3.63, 3.8) is 0 Å². The van der Waals surface area contributed by atoms with Crippen molar-refractivity contribution in [1.29, 1.82) is 0 Å². The van der Waals surface area contributed by atoms with Crippen molar-refractivity contribution in [2.45, 2.75) is 11.9 Å². The van der Waals surface area contributed by atoms with Crippen molar-refractivity contribution in [3.8, 4) is 11.5 Å². The van der Waals surface area contributed by atoms with Crippen molar-refractivity contribution in [1.82, 2.24) is 0 Å². The number of fused-ring (bicyclic) bond motifs is 1. The van der Waals surface area contributed by atoms with E-state index in [0.29, 0.717) is 16.7 Å². The summed E-state index contributed by atoms with van der Waals surface area (Å²) in [5.41, 5.74) is -4.39. The van der Waals surface area contributed by atoms with Gasteiger partial charge in [0.05, 0.1) is 7.11 Å². The number of hydrogen-bond donors (Lipinski definition) is 0. The summed E-state index contributed by atoms with van der Waals surface area (Å²) in [5, 5.41) is 0.746. The quantitative estimate of drug-likeness (QED) is 0.465. The van der Waals surface area contributed by atoms with Gasteiger partial charge in [-0.3, -0.25) is 0 Å². The average Bonchev–Trinajstić information content (AvgIpc) is 2.63. The maximum absolute atomic E-state index is 12.9. The predicted molar refractivity (Wildman–Crippen MR) is 95.4 cm³/mol. The van der Waals surface area contributed by atoms with Gasteiger partial charge in [-0.15, -0.1) is 0 Å². The lowest BCUT2D eigenvalue weighted by Crippen LogP contribution is -2.28. The molecule has 4 nitrogen and oxygen atoms in total. The largest absolute Gasteiger partial charge is 0.534 e. The zero-order valence-electron chi connectivity index (χ0n) is 14.2. The predicted octanol–water partition coefficient (Wildman–Crippen LogP) is 4.67. The Bertz CT molecular complexity index is 1060. The fourth-order valence-corrected chi connectivity index (χ4v) is 3.17. The van der Waals surface area contributed by atoms with Gasteiger partial charge in [0.1, 0.15) is 5.75 Å². The van der Waals surface area contributed by atoms with Gasteiger partial charge in [0, 0.05) is 17.4 Å². The van der Waals surface area contributed by atoms with Crippen LogP contribution in [0.1, 0.15) is 11.1 Å². The number of hydrogen-bond acceptors (Lipinski definition) is 4. The first kappa shape index (κ1) is 19.0. The monoisotopic (exact) mass is 396 g/mol. The van der Waals surface area contributed by atoms with Crippen molar-refractivity contribution < 1.29 is 30.5 Å². The normalized spacial score (nSPS) is 12.1. The van der Waals surface area contributed by atoms with Crippen LogP contribution in [0.3, 0.4) is 0 Å². The maximum atomic E-state index is 12.9. The topological polar surface area (TPSA) is 52.6 Å². The van der Waals surface area contributed by atoms with E-state index in [4.69, 9.17) is 4.74 Å². The molecule has 8 heteroatoms. The maximum Gasteiger partial charge on any atom is 0.534 e. The Morgan fingerprint density at radius 3 is 2.30 bits per heavy atom. The molecule has 0 spiro atoms. The van der Waals surface area contributed by atoms with Crippen molar-refractivity contribution in [2.75, 3.05) is 7.11 Å². The molecular weight excluding hydrogens is 381 g/mol. The van der Waals surface area contributed by atoms with Crippen molar-refractivity contribution in [3.05, 3.63) is 71.8 Å². The summed E-state index contributed by atoms with van der Waals surface area (Å²) in [6, 6.07) is 16.8. The molecule has 0 heterocycles. The second kappa shape index (κ2) is 7.11. The van der Waals surface area contributed by atoms with Gasteiger partial charge >= 0.3 is 15.6 Å². The first-order valence-corrected chi connectivity index (χ1v) is 9.26. The molecule has 0 aromatic heterocycles. The van der Waals surface area contributed by atoms with Crippen LogP contribution >= 0.6 is 0 Å². The average molecular weight is 396 g/mol. The van der Waals surface area contributed by atoms with Gasteiger partial charge in [-0.2, -0.15) is 21.6 Å². The van der Waals surface area contributed by atoms with E-state index >= 15 is 0 Å². The number of rotatable bonds is 5. The number of alkyl halides is 3. The van der Waals surface area contributed by atoms with Gasteiger partial charge < -0.3 is 8.92 Å². The smallest absolute Gasteiger partial charge is 0.497 e. The van der Waals surface area contributed by atoms with Crippen LogP contribution in [0.5, 0.6) is 11.5 Å². The molecule has 0 saturated heterocycles. The summed E-state index contributed by atoms with van der Waals surface area (Å²) in [6.07, 6.45) is 0.214. The van der Waals surface area contributed by atoms with Crippen LogP contribution in [0.25, 0.3) is 10.8 Å². The van der Waals surface area contributed by atoms with Gasteiger partial charge in [0.15, 0.2) is 5.75 Å². The Morgan fingerprint density at radius 2 is 1.67 bits per heavy atom. The Hall–Kier alpha value is -2.74. The van der Waals surface area contributed by atoms with E-state index in [1.54, 1.807) is 42.5 Å². The van der Waals surface area contributed by atoms with E-state index in [1.807, 2.05) is 6.07 Å². The molecule has 0 unspecified atom stereocenters. The number of benzene rings is 3. The standard InChI is InChI=1S/C19H15F3O4S/c1-25-16-9-10-17-14(12-16)7-8-15(11-13-5-3-2-4-6-13)18(17)26-27(23,24)19(20,21)22/h2-10,12H,11H2,1H3. The minimum absolute atomic E-state index is 0.214. The van der Waals surface area contributed by atoms with Crippen molar-refractivity contribution in [2.24, 2.45) is 0 Å². The molecule has 0 bridgehead atoms. The highest BCUT2D eigenvalue weighted by molar-refractivity contribution is 7.88. The first-order valence-electron chi connectivity index (χ1n) is 7.85. The second-order valence-electron chi connectivity index (χ2n) is 5.79. The molecule has 3 aromatic rings. The molecule has 3 aromatic carbocycles. The zero-order chi connectivity index (χ0) is 19.7. The SMILES string of the molecule is COc1ccc2c(OS(=O)(=O)C(F)(F)F)c(Cc3ccccc3)ccc2c1. The minimum atomic E-state index is -5.80. The fourth-order valence-electron chi connectivity index (χ4n) is 2.66. The van der Waals surface area contributed by atoms with Crippen LogP contribution in [0.15, 0.2) is 60.7 Å². The van der Waals surface area contributed by atoms with E-state index in [0.717, 1.165) is 5.56 Å². The van der Waals surface area contributed by atoms with Crippen LogP contribution in [0, 0.1) is 0 Å². The van der Waals surface area contributed by atoms with Gasteiger partial charge in [0.2, 0.25) is 0 Å². The van der Waals surface area contributed by atoms with Crippen LogP contribution in [0.4, 0.5) is 13.2 Å². The van der Waals surface area contributed by atoms with Crippen LogP contribution in [0.2, 0.25) is 0 Å². The molecule has 142 valence electrons. The zero-order valence-corrected chi connectivity index (χ0v) is 15.0. The Kier molecular flexibility index (Phi) is 5.01. The first-order chi connectivity index (χ1) is 12.7. The van der Waals surface area contributed by atoms with Gasteiger partial charge in [0.25, 0.3) is 0 Å². The lowest BCUT2D eigenvalue weighted by Gasteiger charge is -2.16. The molecule has 0 atom stereocenters. The summed E-state index contributed by atoms with van der Waals surface area (Å²) in [4.78, 5) is 0. The highest BCUT2D eigenvalue weighted by Crippen LogP contribution is 2.37. The summed E-state index contributed by atoms with van der Waals surface area (Å²) < 4.78 is 71.5. The molecule has 27 heavy (non-hydrogen) atoms. The van der Waals surface area contributed by atoms with Gasteiger partial charge in [-0.25, -0.2) is 0 Å². The summed E-state index contributed by atoms with van der Waals surface area (Å²) in [5.74, 6) is 0.152. The lowest BCUT2D eigenvalue weighted by molar-refractivity contribution is -0.0499. The van der Waals surface area contributed by atoms with E-state index in [1.165, 1.54) is 19.2 Å². The third kappa shape index (κ3) is 4.00. The molecule has 0 saturated carbocycles. The van der Waals surface area contributed by atoms with Crippen LogP contribution in [-0.4, -0.2) is 21.0 Å². The Morgan fingerprint density at radius 1 is 0.963 bits per heavy atom. The third-order valence-electron chi connectivity index (χ3n) is 3.97. The third-order valence-corrected chi connectivity index (χ3v) is 4.93. The number of ether oxygens (including phenoxy) is 1. The van der Waals surface area contributed by atoms with Crippen LogP contribution in [-0.2, 0) is 16.5 Å². The molecule has 3 rings (SSSR count). The summed E-state index contributed by atoms with van der Waals surface area (Å²) in [6.45, 7) is 0. The number of methoxy groups -OCH3 is 1. The highest BCUT2D eigenvalue weighted by atomic mass is 32.2. The Balaban J connectivity index is 2.16. The fraction of sp³-hybridized carbons (Fsp3) is 0.158. The lowest BCUT2D eigenvalue weighted by atomic mass is 9.99. The van der Waals surface area contributed by atoms with E-state index < -0.39 is 15.6 Å². The number of halogens is 3. The summed E-state index contributed by atoms with van der Waals surface area (Å²) >= 11 is 0. The molecule has 0 amide bonds. The molecule has 0 N–H and O–H groups in total. The Labute approximate surface area is 154 Å². The van der Waals surface area contributed by atoms with Gasteiger partial charge in [-0.05, 0) is 29.1 Å². The van der Waals surface area contributed by atoms with Crippen LogP contribution < -0.4 is 8.92 Å². The minimum Gasteiger partial charge on any atom is -0.497 e. The molecular formula is C19H15F3O4S. The van der Waals surface area contributed by atoms with Crippen molar-refractivity contribution >= 4 is 20.9 Å².